The zero-order valence-electron chi connectivity index (χ0n) is 17.3. The Balaban J connectivity index is 2.12. The number of ether oxygens (including phenoxy) is 4. The Labute approximate surface area is 165 Å². The molecule has 1 heterocycles. The van der Waals surface area contributed by atoms with Gasteiger partial charge in [0.2, 0.25) is 0 Å². The highest BCUT2D eigenvalue weighted by molar-refractivity contribution is 5.24. The summed E-state index contributed by atoms with van der Waals surface area (Å²) in [7, 11) is 3.65. The number of nitrogens with zero attached hydrogens (tertiary/aromatic N) is 1. The van der Waals surface area contributed by atoms with E-state index >= 15 is 0 Å². The van der Waals surface area contributed by atoms with Crippen LogP contribution in [0.15, 0.2) is 36.5 Å². The summed E-state index contributed by atoms with van der Waals surface area (Å²) >= 11 is 0. The monoisotopic (exact) mass is 382 g/mol. The molecule has 0 amide bonds. The van der Waals surface area contributed by atoms with Crippen molar-refractivity contribution in [1.29, 1.82) is 0 Å². The van der Waals surface area contributed by atoms with Gasteiger partial charge < -0.3 is 24.3 Å². The van der Waals surface area contributed by atoms with Crippen LogP contribution in [0.4, 0.5) is 0 Å². The third-order valence-electron chi connectivity index (χ3n) is 4.46. The van der Waals surface area contributed by atoms with E-state index in [1.54, 1.807) is 7.11 Å². The molecule has 1 N–H and O–H groups in total. The molecule has 6 heteroatoms. The van der Waals surface area contributed by atoms with Crippen molar-refractivity contribution in [3.63, 3.8) is 0 Å². The minimum atomic E-state index is 0.256. The molecule has 1 aliphatic heterocycles. The maximum absolute atomic E-state index is 5.94. The van der Waals surface area contributed by atoms with Crippen molar-refractivity contribution in [2.45, 2.75) is 25.5 Å². The van der Waals surface area contributed by atoms with Crippen molar-refractivity contribution in [2.75, 3.05) is 73.4 Å². The summed E-state index contributed by atoms with van der Waals surface area (Å²) in [4.78, 5) is 2.44. The first-order chi connectivity index (χ1) is 13.2. The van der Waals surface area contributed by atoms with Gasteiger partial charge in [-0.15, -0.1) is 0 Å². The Kier molecular flexibility index (Phi) is 14.2. The summed E-state index contributed by atoms with van der Waals surface area (Å²) in [6.45, 7) is 12.8. The first kappa shape index (κ1) is 24.0. The first-order valence-corrected chi connectivity index (χ1v) is 9.85. The molecule has 156 valence electrons. The van der Waals surface area contributed by atoms with Crippen molar-refractivity contribution >= 4 is 0 Å². The summed E-state index contributed by atoms with van der Waals surface area (Å²) in [6, 6.07) is 0.256. The molecule has 27 heavy (non-hydrogen) atoms. The van der Waals surface area contributed by atoms with E-state index < -0.39 is 0 Å². The molecule has 6 nitrogen and oxygen atoms in total. The highest BCUT2D eigenvalue weighted by Crippen LogP contribution is 2.15. The van der Waals surface area contributed by atoms with Crippen LogP contribution in [0.25, 0.3) is 0 Å². The highest BCUT2D eigenvalue weighted by Gasteiger charge is 2.25. The molecule has 0 radical (unpaired) electrons. The summed E-state index contributed by atoms with van der Waals surface area (Å²) in [5, 5.41) is 3.36. The SMILES string of the molecule is C=C(/C=C\C=C/C)[C@@H](CN1CC[C@H](OCCOCCOCCOC)C1)NC. The average Bonchev–Trinajstić information content (AvgIpc) is 3.12. The Bertz CT molecular complexity index is 440. The van der Waals surface area contributed by atoms with Gasteiger partial charge in [-0.2, -0.15) is 0 Å². The minimum absolute atomic E-state index is 0.256. The third-order valence-corrected chi connectivity index (χ3v) is 4.46. The number of rotatable bonds is 16. The Morgan fingerprint density at radius 3 is 2.52 bits per heavy atom. The molecule has 1 rings (SSSR count). The summed E-state index contributed by atoms with van der Waals surface area (Å²) < 4.78 is 21.7. The molecule has 2 atom stereocenters. The minimum Gasteiger partial charge on any atom is -0.382 e. The van der Waals surface area contributed by atoms with E-state index in [1.807, 2.05) is 32.2 Å². The van der Waals surface area contributed by atoms with Crippen LogP contribution < -0.4 is 5.32 Å². The van der Waals surface area contributed by atoms with Crippen molar-refractivity contribution in [1.82, 2.24) is 10.2 Å². The summed E-state index contributed by atoms with van der Waals surface area (Å²) in [5.74, 6) is 0. The molecule has 1 aliphatic rings. The predicted octanol–water partition coefficient (Wildman–Crippen LogP) is 2.03. The van der Waals surface area contributed by atoms with Crippen LogP contribution in [-0.2, 0) is 18.9 Å². The largest absolute Gasteiger partial charge is 0.382 e. The van der Waals surface area contributed by atoms with Gasteiger partial charge in [0.1, 0.15) is 0 Å². The van der Waals surface area contributed by atoms with Crippen LogP contribution in [0.1, 0.15) is 13.3 Å². The van der Waals surface area contributed by atoms with Gasteiger partial charge in [0.05, 0.1) is 45.7 Å². The normalized spacial score (nSPS) is 19.4. The predicted molar refractivity (Wildman–Crippen MR) is 110 cm³/mol. The molecule has 0 aliphatic carbocycles. The molecule has 1 saturated heterocycles. The second-order valence-electron chi connectivity index (χ2n) is 6.56. The molecule has 1 fully saturated rings. The van der Waals surface area contributed by atoms with Gasteiger partial charge in [0.15, 0.2) is 0 Å². The number of hydrogen-bond donors (Lipinski definition) is 1. The number of hydrogen-bond acceptors (Lipinski definition) is 6. The molecule has 0 spiro atoms. The Hall–Kier alpha value is -1.02. The van der Waals surface area contributed by atoms with Crippen LogP contribution in [0.5, 0.6) is 0 Å². The van der Waals surface area contributed by atoms with E-state index in [0.29, 0.717) is 39.6 Å². The van der Waals surface area contributed by atoms with Crippen molar-refractivity contribution in [3.05, 3.63) is 36.5 Å². The molecule has 0 aromatic carbocycles. The quantitative estimate of drug-likeness (QED) is 0.326. The van der Waals surface area contributed by atoms with Crippen molar-refractivity contribution in [2.24, 2.45) is 0 Å². The lowest BCUT2D eigenvalue weighted by Gasteiger charge is -2.24. The molecule has 0 bridgehead atoms. The van der Waals surface area contributed by atoms with Gasteiger partial charge in [-0.05, 0) is 26.0 Å². The van der Waals surface area contributed by atoms with Gasteiger partial charge in [0.25, 0.3) is 0 Å². The molecule has 0 aromatic rings. The van der Waals surface area contributed by atoms with E-state index in [2.05, 4.69) is 22.9 Å². The zero-order valence-corrected chi connectivity index (χ0v) is 17.3. The lowest BCUT2D eigenvalue weighted by atomic mass is 10.1. The maximum Gasteiger partial charge on any atom is 0.0715 e. The molecular weight excluding hydrogens is 344 g/mol. The van der Waals surface area contributed by atoms with Gasteiger partial charge in [-0.3, -0.25) is 4.90 Å². The van der Waals surface area contributed by atoms with Gasteiger partial charge in [-0.1, -0.05) is 30.9 Å². The van der Waals surface area contributed by atoms with E-state index in [-0.39, 0.29) is 12.1 Å². The number of nitrogens with one attached hydrogen (secondary N) is 1. The Morgan fingerprint density at radius 1 is 1.15 bits per heavy atom. The van der Waals surface area contributed by atoms with Crippen LogP contribution in [-0.4, -0.2) is 90.5 Å². The van der Waals surface area contributed by atoms with E-state index in [1.165, 1.54) is 0 Å². The second-order valence-corrected chi connectivity index (χ2v) is 6.56. The molecule has 0 aromatic heterocycles. The average molecular weight is 383 g/mol. The van der Waals surface area contributed by atoms with Gasteiger partial charge in [-0.25, -0.2) is 0 Å². The van der Waals surface area contributed by atoms with Gasteiger partial charge >= 0.3 is 0 Å². The number of allylic oxidation sites excluding steroid dienone is 3. The fourth-order valence-electron chi connectivity index (χ4n) is 2.90. The van der Waals surface area contributed by atoms with E-state index in [0.717, 1.165) is 31.6 Å². The van der Waals surface area contributed by atoms with Gasteiger partial charge in [0, 0.05) is 32.8 Å². The molecule has 0 unspecified atom stereocenters. The van der Waals surface area contributed by atoms with E-state index in [4.69, 9.17) is 18.9 Å². The van der Waals surface area contributed by atoms with Crippen molar-refractivity contribution in [3.8, 4) is 0 Å². The standard InChI is InChI=1S/C21H38N2O4/c1-5-6-7-8-19(2)21(22-3)18-23-10-9-20(17-23)27-16-15-26-14-13-25-12-11-24-4/h5-8,20-22H,2,9-18H2,1,3-4H3/b6-5-,8-7-/t20-,21+/m0/s1. The van der Waals surface area contributed by atoms with Crippen LogP contribution in [0.2, 0.25) is 0 Å². The first-order valence-electron chi connectivity index (χ1n) is 9.85. The second kappa shape index (κ2) is 16.0. The van der Waals surface area contributed by atoms with Crippen molar-refractivity contribution < 1.29 is 18.9 Å². The topological polar surface area (TPSA) is 52.2 Å². The number of methoxy groups -OCH3 is 1. The molecular formula is C21H38N2O4. The van der Waals surface area contributed by atoms with Crippen LogP contribution in [0.3, 0.4) is 0 Å². The van der Waals surface area contributed by atoms with Crippen LogP contribution >= 0.6 is 0 Å². The summed E-state index contributed by atoms with van der Waals surface area (Å²) in [6.07, 6.45) is 9.49. The lowest BCUT2D eigenvalue weighted by molar-refractivity contribution is -0.0136. The molecule has 0 saturated carbocycles. The number of likely N-dealkylation sites (N-methyl/N-ethyl adjacent to an activating group) is 1. The lowest BCUT2D eigenvalue weighted by Crippen LogP contribution is -2.39. The fraction of sp³-hybridized carbons (Fsp3) is 0.714. The smallest absolute Gasteiger partial charge is 0.0715 e. The Morgan fingerprint density at radius 2 is 1.85 bits per heavy atom. The van der Waals surface area contributed by atoms with Crippen LogP contribution in [0, 0.1) is 0 Å². The maximum atomic E-state index is 5.94. The number of likely N-dealkylation sites (tertiary alicyclic amines) is 1. The van der Waals surface area contributed by atoms with E-state index in [9.17, 15) is 0 Å². The third kappa shape index (κ3) is 11.4. The highest BCUT2D eigenvalue weighted by atomic mass is 16.6. The zero-order chi connectivity index (χ0) is 19.7. The fourth-order valence-corrected chi connectivity index (χ4v) is 2.90. The summed E-state index contributed by atoms with van der Waals surface area (Å²) in [5.41, 5.74) is 1.10.